The van der Waals surface area contributed by atoms with Gasteiger partial charge in [0.15, 0.2) is 0 Å². The smallest absolute Gasteiger partial charge is 0.407 e. The summed E-state index contributed by atoms with van der Waals surface area (Å²) in [5, 5.41) is 11.7. The van der Waals surface area contributed by atoms with Gasteiger partial charge in [-0.25, -0.2) is 4.79 Å². The van der Waals surface area contributed by atoms with Crippen LogP contribution in [0.5, 0.6) is 0 Å². The van der Waals surface area contributed by atoms with Crippen LogP contribution in [0.1, 0.15) is 24.0 Å². The van der Waals surface area contributed by atoms with E-state index in [2.05, 4.69) is 29.3 Å². The largest absolute Gasteiger partial charge is 0.481 e. The number of fused-ring (bicyclic) bond motifs is 3. The van der Waals surface area contributed by atoms with E-state index in [4.69, 9.17) is 9.84 Å². The van der Waals surface area contributed by atoms with E-state index in [1.807, 2.05) is 36.4 Å². The second kappa shape index (κ2) is 9.15. The maximum Gasteiger partial charge on any atom is 0.407 e. The van der Waals surface area contributed by atoms with Gasteiger partial charge in [-0.3, -0.25) is 9.59 Å². The van der Waals surface area contributed by atoms with Gasteiger partial charge in [-0.1, -0.05) is 61.4 Å². The van der Waals surface area contributed by atoms with E-state index >= 15 is 0 Å². The Balaban J connectivity index is 1.27. The number of hydrogen-bond donors (Lipinski definition) is 2. The molecule has 2 atom stereocenters. The van der Waals surface area contributed by atoms with Gasteiger partial charge in [0, 0.05) is 19.0 Å². The zero-order valence-corrected chi connectivity index (χ0v) is 17.7. The molecule has 32 heavy (non-hydrogen) atoms. The molecule has 1 heterocycles. The summed E-state index contributed by atoms with van der Waals surface area (Å²) in [5.74, 6) is 3.02. The summed E-state index contributed by atoms with van der Waals surface area (Å²) in [5.41, 5.74) is 4.57. The maximum atomic E-state index is 12.2. The molecule has 1 saturated heterocycles. The number of benzene rings is 2. The van der Waals surface area contributed by atoms with Gasteiger partial charge < -0.3 is 20.1 Å². The van der Waals surface area contributed by atoms with Crippen molar-refractivity contribution in [2.75, 3.05) is 26.2 Å². The van der Waals surface area contributed by atoms with Crippen LogP contribution in [0.25, 0.3) is 11.1 Å². The van der Waals surface area contributed by atoms with E-state index in [0.29, 0.717) is 6.54 Å². The number of carbonyl (C=O) groups is 3. The van der Waals surface area contributed by atoms with E-state index in [-0.39, 0.29) is 31.5 Å². The van der Waals surface area contributed by atoms with Crippen molar-refractivity contribution < 1.29 is 24.2 Å². The number of likely N-dealkylation sites (tertiary alicyclic amines) is 1. The molecule has 4 rings (SSSR count). The highest BCUT2D eigenvalue weighted by atomic mass is 16.5. The van der Waals surface area contributed by atoms with E-state index in [0.717, 1.165) is 22.3 Å². The first-order valence-corrected chi connectivity index (χ1v) is 10.5. The third-order valence-corrected chi connectivity index (χ3v) is 6.08. The van der Waals surface area contributed by atoms with Gasteiger partial charge in [-0.05, 0) is 34.1 Å². The summed E-state index contributed by atoms with van der Waals surface area (Å²) in [6.07, 6.45) is -0.602. The predicted octanol–water partition coefficient (Wildman–Crippen LogP) is 2.71. The van der Waals surface area contributed by atoms with Gasteiger partial charge in [0.25, 0.3) is 5.91 Å². The molecule has 164 valence electrons. The third kappa shape index (κ3) is 4.30. The Labute approximate surface area is 186 Å². The quantitative estimate of drug-likeness (QED) is 0.725. The van der Waals surface area contributed by atoms with E-state index < -0.39 is 23.9 Å². The second-order valence-corrected chi connectivity index (χ2v) is 8.11. The topological polar surface area (TPSA) is 95.9 Å². The van der Waals surface area contributed by atoms with Gasteiger partial charge in [0.2, 0.25) is 0 Å². The number of carboxylic acid groups (broad SMARTS) is 1. The van der Waals surface area contributed by atoms with Crippen molar-refractivity contribution >= 4 is 18.0 Å². The molecule has 0 aromatic heterocycles. The molecule has 0 saturated carbocycles. The second-order valence-electron chi connectivity index (χ2n) is 8.11. The molecule has 1 fully saturated rings. The number of alkyl carbamates (subject to hydrolysis) is 1. The van der Waals surface area contributed by atoms with Crippen LogP contribution in [0.15, 0.2) is 48.5 Å². The van der Waals surface area contributed by atoms with Crippen molar-refractivity contribution in [2.24, 2.45) is 11.8 Å². The van der Waals surface area contributed by atoms with Crippen molar-refractivity contribution in [1.29, 1.82) is 0 Å². The lowest BCUT2D eigenvalue weighted by atomic mass is 9.98. The zero-order chi connectivity index (χ0) is 22.7. The molecule has 7 heteroatoms. The maximum absolute atomic E-state index is 12.2. The Kier molecular flexibility index (Phi) is 6.13. The first-order valence-electron chi connectivity index (χ1n) is 10.5. The number of carboxylic acids is 1. The molecule has 2 unspecified atom stereocenters. The standard InChI is InChI=1S/C25H24N2O5/c1-16-13-27(14-21(16)24(29)30)23(28)11-6-12-26-25(31)32-15-22-19-9-4-2-7-17(19)18-8-3-5-10-20(18)22/h2-5,7-10,16,21-22H,12-15H2,1H3,(H,26,31)(H,29,30). The molecular weight excluding hydrogens is 408 g/mol. The predicted molar refractivity (Wildman–Crippen MR) is 118 cm³/mol. The van der Waals surface area contributed by atoms with Crippen molar-refractivity contribution in [1.82, 2.24) is 10.2 Å². The monoisotopic (exact) mass is 432 g/mol. The van der Waals surface area contributed by atoms with Crippen molar-refractivity contribution in [2.45, 2.75) is 12.8 Å². The average Bonchev–Trinajstić information content (AvgIpc) is 3.33. The number of nitrogens with one attached hydrogen (secondary N) is 1. The fraction of sp³-hybridized carbons (Fsp3) is 0.320. The summed E-state index contributed by atoms with van der Waals surface area (Å²) in [4.78, 5) is 36.9. The Morgan fingerprint density at radius 1 is 1.06 bits per heavy atom. The lowest BCUT2D eigenvalue weighted by Crippen LogP contribution is -2.29. The molecule has 2 aromatic carbocycles. The van der Waals surface area contributed by atoms with Gasteiger partial charge in [0.05, 0.1) is 12.5 Å². The van der Waals surface area contributed by atoms with E-state index in [1.54, 1.807) is 6.92 Å². The van der Waals surface area contributed by atoms with Gasteiger partial charge in [-0.2, -0.15) is 0 Å². The molecule has 0 bridgehead atoms. The van der Waals surface area contributed by atoms with Crippen molar-refractivity contribution in [3.05, 3.63) is 59.7 Å². The summed E-state index contributed by atoms with van der Waals surface area (Å²) < 4.78 is 5.42. The van der Waals surface area contributed by atoms with Crippen LogP contribution < -0.4 is 5.32 Å². The number of rotatable bonds is 4. The fourth-order valence-electron chi connectivity index (χ4n) is 4.42. The Morgan fingerprint density at radius 2 is 1.69 bits per heavy atom. The minimum Gasteiger partial charge on any atom is -0.481 e. The van der Waals surface area contributed by atoms with Gasteiger partial charge in [0.1, 0.15) is 6.61 Å². The lowest BCUT2D eigenvalue weighted by molar-refractivity contribution is -0.142. The number of nitrogens with zero attached hydrogens (tertiary/aromatic N) is 1. The van der Waals surface area contributed by atoms with Crippen LogP contribution in [-0.4, -0.2) is 54.2 Å². The molecule has 0 spiro atoms. The minimum atomic E-state index is -0.905. The van der Waals surface area contributed by atoms with Crippen LogP contribution in [-0.2, 0) is 14.3 Å². The molecule has 1 aliphatic carbocycles. The molecular formula is C25H24N2O5. The number of aliphatic carboxylic acids is 1. The first kappa shape index (κ1) is 21.4. The highest BCUT2D eigenvalue weighted by Crippen LogP contribution is 2.44. The highest BCUT2D eigenvalue weighted by molar-refractivity contribution is 5.94. The van der Waals surface area contributed by atoms with Crippen LogP contribution in [0.2, 0.25) is 0 Å². The molecule has 2 amide bonds. The van der Waals surface area contributed by atoms with Crippen LogP contribution in [0, 0.1) is 23.7 Å². The lowest BCUT2D eigenvalue weighted by Gasteiger charge is -2.14. The SMILES string of the molecule is CC1CN(C(=O)C#CCNC(=O)OCC2c3ccccc3-c3ccccc32)CC1C(=O)O. The minimum absolute atomic E-state index is 0.0276. The van der Waals surface area contributed by atoms with Crippen molar-refractivity contribution in [3.63, 3.8) is 0 Å². The molecule has 0 radical (unpaired) electrons. The third-order valence-electron chi connectivity index (χ3n) is 6.08. The summed E-state index contributed by atoms with van der Waals surface area (Å²) in [6, 6.07) is 16.2. The Bertz CT molecular complexity index is 1070. The molecule has 2 aromatic rings. The number of carbonyl (C=O) groups excluding carboxylic acids is 2. The van der Waals surface area contributed by atoms with Crippen molar-refractivity contribution in [3.8, 4) is 23.0 Å². The Hall–Kier alpha value is -3.79. The number of ether oxygens (including phenoxy) is 1. The van der Waals surface area contributed by atoms with E-state index in [9.17, 15) is 14.4 Å². The van der Waals surface area contributed by atoms with E-state index in [1.165, 1.54) is 4.90 Å². The summed E-state index contributed by atoms with van der Waals surface area (Å²) >= 11 is 0. The number of amides is 2. The zero-order valence-electron chi connectivity index (χ0n) is 17.7. The summed E-state index contributed by atoms with van der Waals surface area (Å²) in [7, 11) is 0. The molecule has 1 aliphatic heterocycles. The van der Waals surface area contributed by atoms with Crippen LogP contribution >= 0.6 is 0 Å². The average molecular weight is 432 g/mol. The first-order chi connectivity index (χ1) is 15.5. The fourth-order valence-corrected chi connectivity index (χ4v) is 4.42. The molecule has 2 aliphatic rings. The van der Waals surface area contributed by atoms with Crippen LogP contribution in [0.4, 0.5) is 4.79 Å². The van der Waals surface area contributed by atoms with Gasteiger partial charge in [-0.15, -0.1) is 0 Å². The normalized spacial score (nSPS) is 18.8. The Morgan fingerprint density at radius 3 is 2.28 bits per heavy atom. The highest BCUT2D eigenvalue weighted by Gasteiger charge is 2.36. The molecule has 7 nitrogen and oxygen atoms in total. The molecule has 2 N–H and O–H groups in total. The number of hydrogen-bond acceptors (Lipinski definition) is 4. The summed E-state index contributed by atoms with van der Waals surface area (Å²) in [6.45, 7) is 2.49. The van der Waals surface area contributed by atoms with Gasteiger partial charge >= 0.3 is 12.1 Å². The van der Waals surface area contributed by atoms with Crippen LogP contribution in [0.3, 0.4) is 0 Å².